The molecule has 1 fully saturated rings. The molecule has 3 heterocycles. The second kappa shape index (κ2) is 8.73. The molecule has 0 aliphatic carbocycles. The van der Waals surface area contributed by atoms with Gasteiger partial charge in [0.15, 0.2) is 0 Å². The average molecular weight is 401 g/mol. The van der Waals surface area contributed by atoms with Crippen LogP contribution in [0.25, 0.3) is 23.0 Å². The van der Waals surface area contributed by atoms with Gasteiger partial charge in [-0.3, -0.25) is 14.6 Å². The number of hydrogen-bond acceptors (Lipinski definition) is 4. The number of hydrogen-bond donors (Lipinski definition) is 1. The fourth-order valence-electron chi connectivity index (χ4n) is 3.70. The van der Waals surface area contributed by atoms with Crippen LogP contribution in [0.5, 0.6) is 0 Å². The van der Waals surface area contributed by atoms with Crippen LogP contribution in [0.2, 0.25) is 0 Å². The van der Waals surface area contributed by atoms with Crippen molar-refractivity contribution in [3.05, 3.63) is 72.7 Å². The lowest BCUT2D eigenvalue weighted by atomic mass is 10.0. The summed E-state index contributed by atoms with van der Waals surface area (Å²) in [6, 6.07) is 13.0. The molecule has 2 aromatic heterocycles. The Bertz CT molecular complexity index is 1060. The summed E-state index contributed by atoms with van der Waals surface area (Å²) in [7, 11) is 0. The van der Waals surface area contributed by atoms with E-state index in [0.717, 1.165) is 35.3 Å². The van der Waals surface area contributed by atoms with E-state index in [1.807, 2.05) is 48.7 Å². The lowest BCUT2D eigenvalue weighted by Crippen LogP contribution is -2.49. The Hall–Kier alpha value is -3.74. The molecule has 0 spiro atoms. The van der Waals surface area contributed by atoms with E-state index in [0.29, 0.717) is 13.0 Å². The van der Waals surface area contributed by atoms with Gasteiger partial charge in [-0.05, 0) is 49.6 Å². The predicted molar refractivity (Wildman–Crippen MR) is 114 cm³/mol. The van der Waals surface area contributed by atoms with Gasteiger partial charge in [0, 0.05) is 42.3 Å². The topological polar surface area (TPSA) is 94.1 Å². The molecular weight excluding hydrogens is 378 g/mol. The van der Waals surface area contributed by atoms with Gasteiger partial charge in [0.2, 0.25) is 11.8 Å². The summed E-state index contributed by atoms with van der Waals surface area (Å²) in [6.07, 6.45) is 10.9. The number of primary amides is 1. The van der Waals surface area contributed by atoms with Crippen molar-refractivity contribution in [2.75, 3.05) is 6.54 Å². The number of piperidine rings is 1. The van der Waals surface area contributed by atoms with Crippen LogP contribution in [0.3, 0.4) is 0 Å². The fourth-order valence-corrected chi connectivity index (χ4v) is 3.70. The van der Waals surface area contributed by atoms with Crippen molar-refractivity contribution in [3.63, 3.8) is 0 Å². The van der Waals surface area contributed by atoms with Gasteiger partial charge >= 0.3 is 0 Å². The van der Waals surface area contributed by atoms with E-state index in [-0.39, 0.29) is 5.91 Å². The molecule has 7 nitrogen and oxygen atoms in total. The van der Waals surface area contributed by atoms with Gasteiger partial charge in [0.1, 0.15) is 11.7 Å². The highest BCUT2D eigenvalue weighted by molar-refractivity contribution is 5.96. The molecule has 4 rings (SSSR count). The predicted octanol–water partition coefficient (Wildman–Crippen LogP) is 2.81. The highest BCUT2D eigenvalue weighted by atomic mass is 16.2. The van der Waals surface area contributed by atoms with Gasteiger partial charge < -0.3 is 10.6 Å². The molecule has 152 valence electrons. The molecule has 1 aliphatic heterocycles. The summed E-state index contributed by atoms with van der Waals surface area (Å²) in [6.45, 7) is 0.537. The third-order valence-corrected chi connectivity index (χ3v) is 5.22. The quantitative estimate of drug-likeness (QED) is 0.665. The molecule has 30 heavy (non-hydrogen) atoms. The molecule has 2 N–H and O–H groups in total. The van der Waals surface area contributed by atoms with Gasteiger partial charge in [-0.15, -0.1) is 0 Å². The average Bonchev–Trinajstić information content (AvgIpc) is 3.23. The van der Waals surface area contributed by atoms with E-state index in [2.05, 4.69) is 4.98 Å². The number of benzene rings is 1. The van der Waals surface area contributed by atoms with Gasteiger partial charge in [0.05, 0.1) is 5.69 Å². The van der Waals surface area contributed by atoms with Crippen LogP contribution in [0.1, 0.15) is 24.8 Å². The van der Waals surface area contributed by atoms with E-state index in [1.165, 1.54) is 6.08 Å². The minimum atomic E-state index is -0.541. The molecule has 3 aromatic rings. The Labute approximate surface area is 174 Å². The molecule has 2 amide bonds. The highest BCUT2D eigenvalue weighted by Crippen LogP contribution is 2.25. The minimum absolute atomic E-state index is 0.219. The van der Waals surface area contributed by atoms with Crippen molar-refractivity contribution in [2.24, 2.45) is 5.73 Å². The van der Waals surface area contributed by atoms with Crippen LogP contribution in [0.4, 0.5) is 0 Å². The molecule has 1 unspecified atom stereocenters. The largest absolute Gasteiger partial charge is 0.368 e. The Kier molecular flexibility index (Phi) is 5.70. The maximum atomic E-state index is 12.8. The van der Waals surface area contributed by atoms with E-state index >= 15 is 0 Å². The molecule has 1 aromatic carbocycles. The molecule has 1 atom stereocenters. The Morgan fingerprint density at radius 1 is 1.10 bits per heavy atom. The van der Waals surface area contributed by atoms with Gasteiger partial charge in [-0.1, -0.05) is 18.2 Å². The SMILES string of the molecule is NC(=O)C1CCCCN1C(=O)C=Cc1cn(-c2ccccc2)nc1-c1cccnc1. The van der Waals surface area contributed by atoms with E-state index in [1.54, 1.807) is 28.1 Å². The number of para-hydroxylation sites is 1. The zero-order chi connectivity index (χ0) is 20.9. The number of amides is 2. The highest BCUT2D eigenvalue weighted by Gasteiger charge is 2.29. The molecule has 1 aliphatic rings. The van der Waals surface area contributed by atoms with Gasteiger partial charge in [-0.25, -0.2) is 4.68 Å². The normalized spacial score (nSPS) is 16.7. The van der Waals surface area contributed by atoms with Crippen LogP contribution in [-0.4, -0.2) is 44.1 Å². The summed E-state index contributed by atoms with van der Waals surface area (Å²) < 4.78 is 1.78. The molecular formula is C23H23N5O2. The third kappa shape index (κ3) is 4.15. The molecule has 0 bridgehead atoms. The zero-order valence-corrected chi connectivity index (χ0v) is 16.5. The monoisotopic (exact) mass is 401 g/mol. The van der Waals surface area contributed by atoms with Crippen LogP contribution < -0.4 is 5.73 Å². The second-order valence-corrected chi connectivity index (χ2v) is 7.23. The maximum absolute atomic E-state index is 12.8. The first-order valence-electron chi connectivity index (χ1n) is 9.97. The van der Waals surface area contributed by atoms with E-state index in [4.69, 9.17) is 10.8 Å². The summed E-state index contributed by atoms with van der Waals surface area (Å²) in [5.74, 6) is -0.674. The first-order valence-corrected chi connectivity index (χ1v) is 9.97. The van der Waals surface area contributed by atoms with Crippen molar-refractivity contribution in [1.82, 2.24) is 19.7 Å². The van der Waals surface area contributed by atoms with Crippen molar-refractivity contribution in [2.45, 2.75) is 25.3 Å². The smallest absolute Gasteiger partial charge is 0.247 e. The van der Waals surface area contributed by atoms with Crippen LogP contribution in [-0.2, 0) is 9.59 Å². The van der Waals surface area contributed by atoms with Crippen molar-refractivity contribution in [3.8, 4) is 16.9 Å². The number of nitrogens with two attached hydrogens (primary N) is 1. The van der Waals surface area contributed by atoms with E-state index in [9.17, 15) is 9.59 Å². The summed E-state index contributed by atoms with van der Waals surface area (Å²) in [4.78, 5) is 30.3. The van der Waals surface area contributed by atoms with E-state index < -0.39 is 11.9 Å². The molecule has 0 saturated carbocycles. The van der Waals surface area contributed by atoms with Gasteiger partial charge in [-0.2, -0.15) is 5.10 Å². The Morgan fingerprint density at radius 2 is 1.93 bits per heavy atom. The van der Waals surface area contributed by atoms with Crippen LogP contribution in [0, 0.1) is 0 Å². The van der Waals surface area contributed by atoms with Crippen molar-refractivity contribution >= 4 is 17.9 Å². The zero-order valence-electron chi connectivity index (χ0n) is 16.5. The summed E-state index contributed by atoms with van der Waals surface area (Å²) >= 11 is 0. The fraction of sp³-hybridized carbons (Fsp3) is 0.217. The molecule has 0 radical (unpaired) electrons. The number of carbonyl (C=O) groups excluding carboxylic acids is 2. The maximum Gasteiger partial charge on any atom is 0.247 e. The van der Waals surface area contributed by atoms with Crippen LogP contribution >= 0.6 is 0 Å². The van der Waals surface area contributed by atoms with Gasteiger partial charge in [0.25, 0.3) is 0 Å². The lowest BCUT2D eigenvalue weighted by Gasteiger charge is -2.32. The minimum Gasteiger partial charge on any atom is -0.368 e. The number of carbonyl (C=O) groups is 2. The Morgan fingerprint density at radius 3 is 2.67 bits per heavy atom. The summed E-state index contributed by atoms with van der Waals surface area (Å²) in [5.41, 5.74) is 8.77. The summed E-state index contributed by atoms with van der Waals surface area (Å²) in [5, 5.41) is 4.71. The standard InChI is InChI=1S/C23H23N5O2/c24-23(30)20-10-4-5-14-27(20)21(29)12-11-18-16-28(19-8-2-1-3-9-19)26-22(18)17-7-6-13-25-15-17/h1-3,6-9,11-13,15-16,20H,4-5,10,14H2,(H2,24,30). The van der Waals surface area contributed by atoms with Crippen molar-refractivity contribution < 1.29 is 9.59 Å². The van der Waals surface area contributed by atoms with Crippen LogP contribution in [0.15, 0.2) is 67.1 Å². The molecule has 7 heteroatoms. The third-order valence-electron chi connectivity index (χ3n) is 5.22. The van der Waals surface area contributed by atoms with Crippen molar-refractivity contribution in [1.29, 1.82) is 0 Å². The molecule has 1 saturated heterocycles. The lowest BCUT2D eigenvalue weighted by molar-refractivity contribution is -0.137. The number of rotatable bonds is 5. The Balaban J connectivity index is 1.66. The number of aromatic nitrogens is 3. The second-order valence-electron chi connectivity index (χ2n) is 7.23. The number of likely N-dealkylation sites (tertiary alicyclic amines) is 1. The first-order chi connectivity index (χ1) is 14.6. The number of nitrogens with zero attached hydrogens (tertiary/aromatic N) is 4. The first kappa shape index (κ1) is 19.6. The number of pyridine rings is 1.